The Bertz CT molecular complexity index is 1730. The SMILES string of the molecule is O=C(Nc1cncc(-c2cc3c(-c4cc5c(-c6cccs6)cncc5[nH]4)n[nH]c3cn2)c1)C1CCC1. The van der Waals surface area contributed by atoms with Crippen molar-refractivity contribution >= 4 is 44.7 Å². The number of amides is 1. The number of carbonyl (C=O) groups is 1. The average Bonchev–Trinajstić information content (AvgIpc) is 3.61. The molecule has 1 saturated carbocycles. The largest absolute Gasteiger partial charge is 0.352 e. The number of pyridine rings is 3. The topological polar surface area (TPSA) is 112 Å². The molecule has 0 aromatic carbocycles. The number of thiophene rings is 1. The summed E-state index contributed by atoms with van der Waals surface area (Å²) in [5.74, 6) is 0.180. The third kappa shape index (κ3) is 3.56. The molecule has 7 rings (SSSR count). The van der Waals surface area contributed by atoms with Gasteiger partial charge in [0.1, 0.15) is 5.69 Å². The molecule has 3 N–H and O–H groups in total. The summed E-state index contributed by atoms with van der Waals surface area (Å²) in [6, 6.07) is 10.2. The Labute approximate surface area is 209 Å². The molecule has 9 heteroatoms. The fourth-order valence-electron chi connectivity index (χ4n) is 4.65. The molecule has 0 saturated heterocycles. The Balaban J connectivity index is 1.26. The lowest BCUT2D eigenvalue weighted by atomic mass is 9.85. The molecule has 36 heavy (non-hydrogen) atoms. The van der Waals surface area contributed by atoms with Crippen molar-refractivity contribution in [1.29, 1.82) is 0 Å². The predicted molar refractivity (Wildman–Crippen MR) is 141 cm³/mol. The van der Waals surface area contributed by atoms with Crippen LogP contribution in [0.5, 0.6) is 0 Å². The number of H-pyrrole nitrogens is 2. The molecule has 6 heterocycles. The predicted octanol–water partition coefficient (Wildman–Crippen LogP) is 6.03. The highest BCUT2D eigenvalue weighted by atomic mass is 32.1. The zero-order valence-corrected chi connectivity index (χ0v) is 20.0. The standard InChI is InChI=1S/C27H21N7OS/c35-27(15-3-1-4-15)31-17-7-16(10-28-11-17)21-9-19-24(14-30-21)33-34-26(19)22-8-18-20(25-5-2-6-36-25)12-29-13-23(18)32-22/h2,5-15,32H,1,3-4H2,(H,31,35)(H,33,34). The molecule has 0 radical (unpaired) electrons. The Morgan fingerprint density at radius 1 is 1.00 bits per heavy atom. The van der Waals surface area contributed by atoms with Gasteiger partial charge in [0, 0.05) is 45.1 Å². The van der Waals surface area contributed by atoms with E-state index < -0.39 is 0 Å². The highest BCUT2D eigenvalue weighted by Gasteiger charge is 2.25. The second kappa shape index (κ2) is 8.39. The number of hydrogen-bond acceptors (Lipinski definition) is 6. The van der Waals surface area contributed by atoms with Gasteiger partial charge in [-0.25, -0.2) is 0 Å². The normalized spacial score (nSPS) is 13.8. The lowest BCUT2D eigenvalue weighted by molar-refractivity contribution is -0.122. The second-order valence-corrected chi connectivity index (χ2v) is 10.0. The molecule has 0 bridgehead atoms. The van der Waals surface area contributed by atoms with Gasteiger partial charge in [0.15, 0.2) is 0 Å². The van der Waals surface area contributed by atoms with E-state index in [-0.39, 0.29) is 11.8 Å². The van der Waals surface area contributed by atoms with Crippen molar-refractivity contribution in [3.8, 4) is 33.1 Å². The maximum atomic E-state index is 12.4. The summed E-state index contributed by atoms with van der Waals surface area (Å²) in [4.78, 5) is 30.4. The molecular weight excluding hydrogens is 470 g/mol. The summed E-state index contributed by atoms with van der Waals surface area (Å²) in [5.41, 5.74) is 6.88. The number of aromatic nitrogens is 6. The zero-order valence-electron chi connectivity index (χ0n) is 19.2. The van der Waals surface area contributed by atoms with Gasteiger partial charge in [0.25, 0.3) is 0 Å². The van der Waals surface area contributed by atoms with Crippen LogP contribution in [0.3, 0.4) is 0 Å². The number of nitrogens with zero attached hydrogens (tertiary/aromatic N) is 4. The van der Waals surface area contributed by atoms with Crippen molar-refractivity contribution in [2.75, 3.05) is 5.32 Å². The highest BCUT2D eigenvalue weighted by molar-refractivity contribution is 7.13. The van der Waals surface area contributed by atoms with Gasteiger partial charge in [-0.05, 0) is 42.5 Å². The van der Waals surface area contributed by atoms with Crippen LogP contribution in [0.4, 0.5) is 5.69 Å². The molecule has 8 nitrogen and oxygen atoms in total. The van der Waals surface area contributed by atoms with Gasteiger partial charge >= 0.3 is 0 Å². The molecule has 1 amide bonds. The molecular formula is C27H21N7OS. The average molecular weight is 492 g/mol. The van der Waals surface area contributed by atoms with Gasteiger partial charge in [-0.15, -0.1) is 11.3 Å². The number of nitrogens with one attached hydrogen (secondary N) is 3. The molecule has 1 fully saturated rings. The van der Waals surface area contributed by atoms with E-state index in [2.05, 4.69) is 53.0 Å². The van der Waals surface area contributed by atoms with Crippen LogP contribution in [-0.2, 0) is 4.79 Å². The molecule has 1 aliphatic rings. The van der Waals surface area contributed by atoms with Crippen molar-refractivity contribution in [3.05, 3.63) is 66.7 Å². The molecule has 1 aliphatic carbocycles. The Morgan fingerprint density at radius 2 is 1.92 bits per heavy atom. The van der Waals surface area contributed by atoms with E-state index in [0.29, 0.717) is 5.69 Å². The van der Waals surface area contributed by atoms with Crippen molar-refractivity contribution in [2.24, 2.45) is 5.92 Å². The van der Waals surface area contributed by atoms with Gasteiger partial charge in [-0.2, -0.15) is 5.10 Å². The molecule has 176 valence electrons. The minimum Gasteiger partial charge on any atom is -0.352 e. The zero-order chi connectivity index (χ0) is 24.1. The summed E-state index contributed by atoms with van der Waals surface area (Å²) in [6.45, 7) is 0. The van der Waals surface area contributed by atoms with E-state index in [9.17, 15) is 4.79 Å². The maximum Gasteiger partial charge on any atom is 0.227 e. The lowest BCUT2D eigenvalue weighted by Gasteiger charge is -2.24. The Hall–Kier alpha value is -4.37. The van der Waals surface area contributed by atoms with E-state index in [4.69, 9.17) is 0 Å². The van der Waals surface area contributed by atoms with Crippen molar-refractivity contribution in [2.45, 2.75) is 19.3 Å². The van der Waals surface area contributed by atoms with Crippen LogP contribution >= 0.6 is 11.3 Å². The quantitative estimate of drug-likeness (QED) is 0.273. The van der Waals surface area contributed by atoms with E-state index >= 15 is 0 Å². The minimum absolute atomic E-state index is 0.0657. The molecule has 6 aromatic rings. The van der Waals surface area contributed by atoms with Crippen molar-refractivity contribution in [3.63, 3.8) is 0 Å². The van der Waals surface area contributed by atoms with Gasteiger partial charge in [-0.3, -0.25) is 24.8 Å². The first kappa shape index (κ1) is 21.0. The summed E-state index contributed by atoms with van der Waals surface area (Å²) in [7, 11) is 0. The first-order valence-corrected chi connectivity index (χ1v) is 12.7. The van der Waals surface area contributed by atoms with Crippen LogP contribution in [0.1, 0.15) is 19.3 Å². The van der Waals surface area contributed by atoms with Crippen molar-refractivity contribution < 1.29 is 4.79 Å². The van der Waals surface area contributed by atoms with Crippen LogP contribution in [0.2, 0.25) is 0 Å². The number of fused-ring (bicyclic) bond motifs is 2. The van der Waals surface area contributed by atoms with Crippen molar-refractivity contribution in [1.82, 2.24) is 30.1 Å². The number of carbonyl (C=O) groups excluding carboxylic acids is 1. The number of hydrogen-bond donors (Lipinski definition) is 3. The lowest BCUT2D eigenvalue weighted by Crippen LogP contribution is -2.28. The minimum atomic E-state index is 0.0657. The van der Waals surface area contributed by atoms with Crippen LogP contribution in [0.15, 0.2) is 66.7 Å². The third-order valence-electron chi connectivity index (χ3n) is 6.81. The third-order valence-corrected chi connectivity index (χ3v) is 7.72. The summed E-state index contributed by atoms with van der Waals surface area (Å²) in [6.07, 6.45) is 12.0. The first-order valence-electron chi connectivity index (χ1n) is 11.8. The van der Waals surface area contributed by atoms with E-state index in [0.717, 1.165) is 69.3 Å². The van der Waals surface area contributed by atoms with Crippen LogP contribution < -0.4 is 5.32 Å². The first-order chi connectivity index (χ1) is 17.7. The fourth-order valence-corrected chi connectivity index (χ4v) is 5.40. The molecule has 0 aliphatic heterocycles. The number of rotatable bonds is 5. The monoisotopic (exact) mass is 491 g/mol. The van der Waals surface area contributed by atoms with Gasteiger partial charge in [0.2, 0.25) is 5.91 Å². The Morgan fingerprint density at radius 3 is 2.75 bits per heavy atom. The Kier molecular flexibility index (Phi) is 4.88. The van der Waals surface area contributed by atoms with E-state index in [1.54, 1.807) is 29.9 Å². The van der Waals surface area contributed by atoms with Gasteiger partial charge < -0.3 is 10.3 Å². The number of aromatic amines is 2. The highest BCUT2D eigenvalue weighted by Crippen LogP contribution is 2.36. The van der Waals surface area contributed by atoms with E-state index in [1.165, 1.54) is 4.88 Å². The van der Waals surface area contributed by atoms with Crippen LogP contribution in [0, 0.1) is 5.92 Å². The number of anilines is 1. The molecule has 0 spiro atoms. The van der Waals surface area contributed by atoms with Gasteiger partial charge in [0.05, 0.1) is 46.7 Å². The molecule has 0 unspecified atom stereocenters. The van der Waals surface area contributed by atoms with Crippen LogP contribution in [-0.4, -0.2) is 36.0 Å². The maximum absolute atomic E-state index is 12.4. The molecule has 0 atom stereocenters. The fraction of sp³-hybridized carbons (Fsp3) is 0.148. The van der Waals surface area contributed by atoms with Gasteiger partial charge in [-0.1, -0.05) is 12.5 Å². The van der Waals surface area contributed by atoms with E-state index in [1.807, 2.05) is 30.6 Å². The van der Waals surface area contributed by atoms with Crippen LogP contribution in [0.25, 0.3) is 54.9 Å². The second-order valence-electron chi connectivity index (χ2n) is 9.08. The molecule has 6 aromatic heterocycles. The smallest absolute Gasteiger partial charge is 0.227 e. The summed E-state index contributed by atoms with van der Waals surface area (Å²) >= 11 is 1.69. The summed E-state index contributed by atoms with van der Waals surface area (Å²) in [5, 5.41) is 14.8. The summed E-state index contributed by atoms with van der Waals surface area (Å²) < 4.78 is 0.